The molecule has 1 aromatic heterocycles. The zero-order valence-corrected chi connectivity index (χ0v) is 25.3. The summed E-state index contributed by atoms with van der Waals surface area (Å²) in [6.45, 7) is 8.88. The Labute approximate surface area is 235 Å². The molecule has 2 aliphatic rings. The van der Waals surface area contributed by atoms with Crippen LogP contribution in [-0.2, 0) is 20.1 Å². The van der Waals surface area contributed by atoms with Crippen molar-refractivity contribution in [1.82, 2.24) is 4.98 Å². The molecule has 1 radical (unpaired) electrons. The Morgan fingerprint density at radius 2 is 1.42 bits per heavy atom. The summed E-state index contributed by atoms with van der Waals surface area (Å²) in [5.74, 6) is 2.40. The van der Waals surface area contributed by atoms with Gasteiger partial charge in [0.2, 0.25) is 0 Å². The van der Waals surface area contributed by atoms with E-state index in [1.54, 1.807) is 11.3 Å². The molecular weight excluding hydrogens is 643 g/mol. The third-order valence-electron chi connectivity index (χ3n) is 8.38. The van der Waals surface area contributed by atoms with Crippen molar-refractivity contribution >= 4 is 21.6 Å². The van der Waals surface area contributed by atoms with E-state index in [0.717, 1.165) is 28.9 Å². The zero-order chi connectivity index (χ0) is 24.9. The summed E-state index contributed by atoms with van der Waals surface area (Å²) in [5, 5.41) is 22.9. The molecule has 3 aromatic rings. The van der Waals surface area contributed by atoms with Crippen molar-refractivity contribution in [1.29, 1.82) is 0 Å². The van der Waals surface area contributed by atoms with Crippen LogP contribution in [-0.4, -0.2) is 27.4 Å². The summed E-state index contributed by atoms with van der Waals surface area (Å²) in [6.07, 6.45) is 6.49. The minimum atomic E-state index is -0.308. The number of aliphatic hydroxyl groups is 2. The van der Waals surface area contributed by atoms with E-state index in [2.05, 4.69) is 44.8 Å². The van der Waals surface area contributed by atoms with Crippen LogP contribution in [0.3, 0.4) is 0 Å². The van der Waals surface area contributed by atoms with Crippen molar-refractivity contribution in [3.63, 3.8) is 0 Å². The van der Waals surface area contributed by atoms with E-state index in [4.69, 9.17) is 0 Å². The van der Waals surface area contributed by atoms with E-state index in [1.807, 2.05) is 42.5 Å². The van der Waals surface area contributed by atoms with Crippen LogP contribution in [0.15, 0.2) is 48.5 Å². The van der Waals surface area contributed by atoms with Crippen LogP contribution < -0.4 is 0 Å². The molecule has 3 nitrogen and oxygen atoms in total. The third-order valence-corrected chi connectivity index (χ3v) is 9.45. The fourth-order valence-corrected chi connectivity index (χ4v) is 7.36. The molecule has 1 heterocycles. The molecule has 2 saturated carbocycles. The first-order valence-corrected chi connectivity index (χ1v) is 14.4. The Hall–Kier alpha value is -1.10. The van der Waals surface area contributed by atoms with Gasteiger partial charge in [-0.2, -0.15) is 11.3 Å². The third kappa shape index (κ3) is 6.85. The Morgan fingerprint density at radius 3 is 1.94 bits per heavy atom. The number of rotatable bonds is 3. The first-order valence-electron chi connectivity index (χ1n) is 13.6. The van der Waals surface area contributed by atoms with Crippen molar-refractivity contribution in [2.45, 2.75) is 78.4 Å². The SMILES string of the molecule is CC(C)[C@H]1CCCC2CCC[C@@H](C(C)C)C(O)C2C1O.[Ir].[c-]1ccccc1-c1nc2ccccc2s1. The number of aromatic nitrogens is 1. The summed E-state index contributed by atoms with van der Waals surface area (Å²) in [4.78, 5) is 4.57. The van der Waals surface area contributed by atoms with Crippen LogP contribution in [0.1, 0.15) is 66.2 Å². The van der Waals surface area contributed by atoms with Crippen molar-refractivity contribution in [2.24, 2.45) is 35.5 Å². The van der Waals surface area contributed by atoms with Crippen LogP contribution in [0, 0.1) is 41.6 Å². The monoisotopic (exact) mass is 685 g/mol. The predicted molar refractivity (Wildman–Crippen MR) is 147 cm³/mol. The number of benzene rings is 2. The van der Waals surface area contributed by atoms with Gasteiger partial charge in [-0.25, -0.2) is 0 Å². The molecular formula is C31H42IrNO2S-. The second-order valence-corrected chi connectivity index (χ2v) is 12.3. The molecule has 199 valence electrons. The van der Waals surface area contributed by atoms with Crippen molar-refractivity contribution in [2.75, 3.05) is 0 Å². The Morgan fingerprint density at radius 1 is 0.833 bits per heavy atom. The fourth-order valence-electron chi connectivity index (χ4n) is 6.40. The molecule has 0 amide bonds. The smallest absolute Gasteiger partial charge is 0.0697 e. The molecule has 5 rings (SSSR count). The summed E-state index contributed by atoms with van der Waals surface area (Å²) >= 11 is 1.71. The molecule has 36 heavy (non-hydrogen) atoms. The molecule has 4 unspecified atom stereocenters. The van der Waals surface area contributed by atoms with E-state index < -0.39 is 0 Å². The quantitative estimate of drug-likeness (QED) is 0.280. The topological polar surface area (TPSA) is 53.4 Å². The summed E-state index contributed by atoms with van der Waals surface area (Å²) < 4.78 is 1.23. The van der Waals surface area contributed by atoms with Crippen LogP contribution in [0.4, 0.5) is 0 Å². The number of hydrogen-bond acceptors (Lipinski definition) is 4. The number of thiazole rings is 1. The Balaban J connectivity index is 0.000000202. The minimum Gasteiger partial charge on any atom is -0.392 e. The molecule has 5 heteroatoms. The van der Waals surface area contributed by atoms with Crippen molar-refractivity contribution in [3.05, 3.63) is 54.6 Å². The number of aliphatic hydroxyl groups excluding tert-OH is 2. The predicted octanol–water partition coefficient (Wildman–Crippen LogP) is 7.61. The van der Waals surface area contributed by atoms with Gasteiger partial charge in [-0.1, -0.05) is 52.7 Å². The number of para-hydroxylation sites is 1. The van der Waals surface area contributed by atoms with Crippen molar-refractivity contribution < 1.29 is 30.3 Å². The van der Waals surface area contributed by atoms with Crippen LogP contribution in [0.5, 0.6) is 0 Å². The molecule has 2 aromatic carbocycles. The molecule has 2 aliphatic carbocycles. The van der Waals surface area contributed by atoms with Crippen LogP contribution in [0.2, 0.25) is 0 Å². The average molecular weight is 685 g/mol. The maximum atomic E-state index is 10.9. The maximum absolute atomic E-state index is 10.9. The Bertz CT molecular complexity index is 992. The van der Waals surface area contributed by atoms with Gasteiger partial charge in [-0.15, -0.1) is 35.9 Å². The standard InChI is InChI=1S/C18H34O2.C13H8NS.Ir/c1-11(2)14-9-5-7-13-8-6-10-15(12(3)4)18(20)16(13)17(14)19;1-2-6-10(7-3-1)13-14-11-8-4-5-9-12(11)15-13;/h11-20H,5-10H2,1-4H3;1-6,8-9H;/q;-1;/t13?,14-,15+,16?,17?,18?;;. The van der Waals surface area contributed by atoms with Crippen molar-refractivity contribution in [3.8, 4) is 10.6 Å². The molecule has 6 atom stereocenters. The number of fused-ring (bicyclic) bond motifs is 2. The first kappa shape index (κ1) is 29.5. The number of nitrogens with zero attached hydrogens (tertiary/aromatic N) is 1. The van der Waals surface area contributed by atoms with Crippen LogP contribution >= 0.6 is 11.3 Å². The summed E-state index contributed by atoms with van der Waals surface area (Å²) in [5.41, 5.74) is 2.13. The second-order valence-electron chi connectivity index (χ2n) is 11.3. The van der Waals surface area contributed by atoms with Gasteiger partial charge in [-0.3, -0.25) is 4.98 Å². The molecule has 0 spiro atoms. The minimum absolute atomic E-state index is 0. The van der Waals surface area contributed by atoms with Gasteiger partial charge in [0.1, 0.15) is 0 Å². The summed E-state index contributed by atoms with van der Waals surface area (Å²) in [7, 11) is 0. The zero-order valence-electron chi connectivity index (χ0n) is 22.1. The fraction of sp³-hybridized carbons (Fsp3) is 0.581. The van der Waals surface area contributed by atoms with Gasteiger partial charge in [0, 0.05) is 35.7 Å². The van der Waals surface area contributed by atoms with E-state index >= 15 is 0 Å². The normalized spacial score (nSPS) is 28.4. The maximum Gasteiger partial charge on any atom is 0.0697 e. The second kappa shape index (κ2) is 13.6. The van der Waals surface area contributed by atoms with Crippen LogP contribution in [0.25, 0.3) is 20.8 Å². The van der Waals surface area contributed by atoms with E-state index in [-0.39, 0.29) is 38.2 Å². The molecule has 0 saturated heterocycles. The van der Waals surface area contributed by atoms with Gasteiger partial charge in [0.05, 0.1) is 17.7 Å². The van der Waals surface area contributed by atoms with Gasteiger partial charge < -0.3 is 10.2 Å². The average Bonchev–Trinajstić information content (AvgIpc) is 3.12. The van der Waals surface area contributed by atoms with Gasteiger partial charge in [0.15, 0.2) is 0 Å². The van der Waals surface area contributed by atoms with E-state index in [1.165, 1.54) is 30.4 Å². The van der Waals surface area contributed by atoms with Gasteiger partial charge in [0.25, 0.3) is 0 Å². The van der Waals surface area contributed by atoms with Gasteiger partial charge in [-0.05, 0) is 67.4 Å². The number of hydrogen-bond donors (Lipinski definition) is 2. The Kier molecular flexibility index (Phi) is 11.1. The van der Waals surface area contributed by atoms with Gasteiger partial charge >= 0.3 is 0 Å². The molecule has 0 aliphatic heterocycles. The first-order chi connectivity index (χ1) is 16.9. The molecule has 2 N–H and O–H groups in total. The summed E-state index contributed by atoms with van der Waals surface area (Å²) in [6, 6.07) is 19.3. The molecule has 0 bridgehead atoms. The molecule has 2 fully saturated rings. The largest absolute Gasteiger partial charge is 0.392 e. The van der Waals surface area contributed by atoms with E-state index in [9.17, 15) is 10.2 Å². The van der Waals surface area contributed by atoms with E-state index in [0.29, 0.717) is 29.6 Å².